The van der Waals surface area contributed by atoms with Crippen molar-refractivity contribution in [1.29, 1.82) is 0 Å². The predicted octanol–water partition coefficient (Wildman–Crippen LogP) is 3.74. The summed E-state index contributed by atoms with van der Waals surface area (Å²) in [5.41, 5.74) is 2.52. The summed E-state index contributed by atoms with van der Waals surface area (Å²) in [6, 6.07) is 17.1. The van der Waals surface area contributed by atoms with Gasteiger partial charge in [0, 0.05) is 31.4 Å². The second-order valence-electron chi connectivity index (χ2n) is 5.51. The molecule has 0 radical (unpaired) electrons. The van der Waals surface area contributed by atoms with Gasteiger partial charge in [0.15, 0.2) is 0 Å². The van der Waals surface area contributed by atoms with E-state index in [1.54, 1.807) is 29.2 Å². The zero-order valence-electron chi connectivity index (χ0n) is 14.1. The van der Waals surface area contributed by atoms with Crippen LogP contribution in [0.2, 0.25) is 0 Å². The molecule has 0 aliphatic rings. The fraction of sp³-hybridized carbons (Fsp3) is 0.263. The molecule has 2 aromatic carbocycles. The van der Waals surface area contributed by atoms with Gasteiger partial charge in [0.1, 0.15) is 0 Å². The van der Waals surface area contributed by atoms with Gasteiger partial charge in [0.2, 0.25) is 5.91 Å². The van der Waals surface area contributed by atoms with Crippen molar-refractivity contribution in [3.05, 3.63) is 60.2 Å². The van der Waals surface area contributed by atoms with Crippen molar-refractivity contribution < 1.29 is 9.59 Å². The molecule has 5 nitrogen and oxygen atoms in total. The first-order valence-electron chi connectivity index (χ1n) is 8.06. The highest BCUT2D eigenvalue weighted by molar-refractivity contribution is 5.92. The molecule has 3 amide bonds. The van der Waals surface area contributed by atoms with E-state index in [-0.39, 0.29) is 11.9 Å². The molecule has 24 heavy (non-hydrogen) atoms. The van der Waals surface area contributed by atoms with Crippen molar-refractivity contribution in [2.45, 2.75) is 20.3 Å². The summed E-state index contributed by atoms with van der Waals surface area (Å²) in [5.74, 6) is -0.142. The van der Waals surface area contributed by atoms with Gasteiger partial charge < -0.3 is 15.5 Å². The standard InChI is InChI=1S/C19H23N3O2/c1-3-22(13-12-16-8-5-4-6-9-16)19(24)21-18-11-7-10-17(14-18)20-15(2)23/h4-11,14H,3,12-13H2,1-2H3,(H,20,23)(H,21,24). The summed E-state index contributed by atoms with van der Waals surface area (Å²) in [5, 5.41) is 5.58. The Kier molecular flexibility index (Phi) is 6.37. The van der Waals surface area contributed by atoms with Crippen molar-refractivity contribution >= 4 is 23.3 Å². The number of likely N-dealkylation sites (N-methyl/N-ethyl adjacent to an activating group) is 1. The predicted molar refractivity (Wildman–Crippen MR) is 97.2 cm³/mol. The molecule has 126 valence electrons. The normalized spacial score (nSPS) is 10.1. The van der Waals surface area contributed by atoms with E-state index >= 15 is 0 Å². The van der Waals surface area contributed by atoms with Crippen LogP contribution in [0, 0.1) is 0 Å². The zero-order chi connectivity index (χ0) is 17.4. The lowest BCUT2D eigenvalue weighted by Gasteiger charge is -2.21. The summed E-state index contributed by atoms with van der Waals surface area (Å²) in [6.45, 7) is 4.69. The van der Waals surface area contributed by atoms with Crippen molar-refractivity contribution in [3.63, 3.8) is 0 Å². The molecule has 2 N–H and O–H groups in total. The van der Waals surface area contributed by atoms with Gasteiger partial charge in [-0.15, -0.1) is 0 Å². The minimum Gasteiger partial charge on any atom is -0.326 e. The molecule has 0 spiro atoms. The van der Waals surface area contributed by atoms with Crippen LogP contribution in [0.3, 0.4) is 0 Å². The third-order valence-electron chi connectivity index (χ3n) is 3.62. The first-order chi connectivity index (χ1) is 11.6. The van der Waals surface area contributed by atoms with E-state index < -0.39 is 0 Å². The number of urea groups is 1. The third-order valence-corrected chi connectivity index (χ3v) is 3.62. The van der Waals surface area contributed by atoms with E-state index in [0.29, 0.717) is 24.5 Å². The van der Waals surface area contributed by atoms with Crippen LogP contribution >= 0.6 is 0 Å². The van der Waals surface area contributed by atoms with Crippen molar-refractivity contribution in [2.24, 2.45) is 0 Å². The Bertz CT molecular complexity index is 686. The fourth-order valence-electron chi connectivity index (χ4n) is 2.39. The van der Waals surface area contributed by atoms with Crippen LogP contribution in [0.15, 0.2) is 54.6 Å². The largest absolute Gasteiger partial charge is 0.326 e. The minimum atomic E-state index is -0.145. The summed E-state index contributed by atoms with van der Waals surface area (Å²) < 4.78 is 0. The van der Waals surface area contributed by atoms with E-state index in [1.165, 1.54) is 12.5 Å². The summed E-state index contributed by atoms with van der Waals surface area (Å²) >= 11 is 0. The lowest BCUT2D eigenvalue weighted by Crippen LogP contribution is -2.36. The quantitative estimate of drug-likeness (QED) is 0.850. The van der Waals surface area contributed by atoms with E-state index in [0.717, 1.165) is 6.42 Å². The molecule has 0 fully saturated rings. The number of hydrogen-bond donors (Lipinski definition) is 2. The van der Waals surface area contributed by atoms with Gasteiger partial charge in [-0.3, -0.25) is 4.79 Å². The lowest BCUT2D eigenvalue weighted by molar-refractivity contribution is -0.114. The van der Waals surface area contributed by atoms with Gasteiger partial charge in [0.25, 0.3) is 0 Å². The molecule has 0 saturated carbocycles. The zero-order valence-corrected chi connectivity index (χ0v) is 14.1. The van der Waals surface area contributed by atoms with Crippen LogP contribution in [0.1, 0.15) is 19.4 Å². The number of nitrogens with one attached hydrogen (secondary N) is 2. The Morgan fingerprint density at radius 2 is 1.62 bits per heavy atom. The second-order valence-corrected chi connectivity index (χ2v) is 5.51. The molecule has 2 aromatic rings. The van der Waals surface area contributed by atoms with Crippen molar-refractivity contribution in [2.75, 3.05) is 23.7 Å². The smallest absolute Gasteiger partial charge is 0.321 e. The summed E-state index contributed by atoms with van der Waals surface area (Å²) in [4.78, 5) is 25.3. The van der Waals surface area contributed by atoms with Gasteiger partial charge in [-0.05, 0) is 37.1 Å². The molecule has 5 heteroatoms. The Morgan fingerprint density at radius 3 is 2.25 bits per heavy atom. The van der Waals surface area contributed by atoms with Crippen LogP contribution in [0.4, 0.5) is 16.2 Å². The summed E-state index contributed by atoms with van der Waals surface area (Å²) in [7, 11) is 0. The van der Waals surface area contributed by atoms with E-state index in [4.69, 9.17) is 0 Å². The molecule has 0 aliphatic heterocycles. The van der Waals surface area contributed by atoms with Crippen LogP contribution in [0.25, 0.3) is 0 Å². The number of carbonyl (C=O) groups is 2. The maximum absolute atomic E-state index is 12.4. The number of nitrogens with zero attached hydrogens (tertiary/aromatic N) is 1. The summed E-state index contributed by atoms with van der Waals surface area (Å²) in [6.07, 6.45) is 0.814. The average Bonchev–Trinajstić information content (AvgIpc) is 2.56. The molecule has 2 rings (SSSR count). The molecule has 0 atom stereocenters. The maximum Gasteiger partial charge on any atom is 0.321 e. The lowest BCUT2D eigenvalue weighted by atomic mass is 10.1. The molecule has 0 bridgehead atoms. The van der Waals surface area contributed by atoms with Gasteiger partial charge in [-0.2, -0.15) is 0 Å². The van der Waals surface area contributed by atoms with Crippen molar-refractivity contribution in [1.82, 2.24) is 4.90 Å². The topological polar surface area (TPSA) is 61.4 Å². The Balaban J connectivity index is 1.95. The molecule has 0 heterocycles. The number of carbonyl (C=O) groups excluding carboxylic acids is 2. The first kappa shape index (κ1) is 17.5. The number of benzene rings is 2. The van der Waals surface area contributed by atoms with E-state index in [1.807, 2.05) is 25.1 Å². The molecule has 0 saturated heterocycles. The number of amides is 3. The van der Waals surface area contributed by atoms with E-state index in [2.05, 4.69) is 22.8 Å². The van der Waals surface area contributed by atoms with Crippen LogP contribution in [-0.4, -0.2) is 29.9 Å². The van der Waals surface area contributed by atoms with Crippen molar-refractivity contribution in [3.8, 4) is 0 Å². The highest BCUT2D eigenvalue weighted by atomic mass is 16.2. The minimum absolute atomic E-state index is 0.142. The monoisotopic (exact) mass is 325 g/mol. The molecule has 0 aliphatic carbocycles. The Morgan fingerprint density at radius 1 is 0.958 bits per heavy atom. The Labute approximate surface area is 142 Å². The van der Waals surface area contributed by atoms with Gasteiger partial charge in [0.05, 0.1) is 0 Å². The second kappa shape index (κ2) is 8.72. The van der Waals surface area contributed by atoms with Gasteiger partial charge in [-0.25, -0.2) is 4.79 Å². The third kappa shape index (κ3) is 5.43. The Hall–Kier alpha value is -2.82. The number of anilines is 2. The molecule has 0 unspecified atom stereocenters. The van der Waals surface area contributed by atoms with Gasteiger partial charge in [-0.1, -0.05) is 36.4 Å². The first-order valence-corrected chi connectivity index (χ1v) is 8.06. The van der Waals surface area contributed by atoms with Crippen LogP contribution in [-0.2, 0) is 11.2 Å². The van der Waals surface area contributed by atoms with E-state index in [9.17, 15) is 9.59 Å². The van der Waals surface area contributed by atoms with Gasteiger partial charge >= 0.3 is 6.03 Å². The maximum atomic E-state index is 12.4. The SMILES string of the molecule is CCN(CCc1ccccc1)C(=O)Nc1cccc(NC(C)=O)c1. The highest BCUT2D eigenvalue weighted by Gasteiger charge is 2.12. The number of hydrogen-bond acceptors (Lipinski definition) is 2. The average molecular weight is 325 g/mol. The molecular weight excluding hydrogens is 302 g/mol. The molecule has 0 aromatic heterocycles. The molecular formula is C19H23N3O2. The van der Waals surface area contributed by atoms with Crippen LogP contribution < -0.4 is 10.6 Å². The fourth-order valence-corrected chi connectivity index (χ4v) is 2.39. The van der Waals surface area contributed by atoms with Crippen LogP contribution in [0.5, 0.6) is 0 Å². The number of rotatable bonds is 6. The highest BCUT2D eigenvalue weighted by Crippen LogP contribution is 2.15.